The van der Waals surface area contributed by atoms with Gasteiger partial charge in [0, 0.05) is 0 Å². The molecule has 25 heavy (non-hydrogen) atoms. The molecule has 0 spiro atoms. The van der Waals surface area contributed by atoms with E-state index < -0.39 is 0 Å². The molecule has 1 heterocycles. The van der Waals surface area contributed by atoms with E-state index in [9.17, 15) is 10.4 Å². The first-order valence-electron chi connectivity index (χ1n) is 7.41. The average Bonchev–Trinajstić information content (AvgIpc) is 3.01. The lowest BCUT2D eigenvalue weighted by Gasteiger charge is -2.08. The molecule has 3 aromatic rings. The van der Waals surface area contributed by atoms with Crippen LogP contribution in [0.3, 0.4) is 0 Å². The summed E-state index contributed by atoms with van der Waals surface area (Å²) in [5, 5.41) is 19.5. The van der Waals surface area contributed by atoms with E-state index in [-0.39, 0.29) is 5.75 Å². The van der Waals surface area contributed by atoms with Gasteiger partial charge in [0.15, 0.2) is 15.8 Å². The Morgan fingerprint density at radius 2 is 2.24 bits per heavy atom. The second kappa shape index (κ2) is 7.91. The molecule has 0 amide bonds. The van der Waals surface area contributed by atoms with Crippen LogP contribution in [0.1, 0.15) is 12.5 Å². The Morgan fingerprint density at radius 3 is 2.96 bits per heavy atom. The molecule has 1 N–H and O–H groups in total. The number of aromatic nitrogens is 1. The molecule has 0 aliphatic carbocycles. The number of rotatable bonds is 5. The van der Waals surface area contributed by atoms with Crippen LogP contribution in [0, 0.1) is 11.3 Å². The molecule has 0 radical (unpaired) electrons. The molecule has 0 aliphatic heterocycles. The van der Waals surface area contributed by atoms with Crippen molar-refractivity contribution in [2.24, 2.45) is 0 Å². The third kappa shape index (κ3) is 4.15. The van der Waals surface area contributed by atoms with Gasteiger partial charge in [-0.3, -0.25) is 0 Å². The third-order valence-corrected chi connectivity index (χ3v) is 5.86. The standard InChI is InChI=1S/C18H13BrN2O2S2/c1-2-23-15-9-11(8-13(19)17(15)22)7-12(10-20)24-18-21-14-5-3-4-6-16(14)25-18/h3-9,22H,2H2,1H3. The molecular weight excluding hydrogens is 420 g/mol. The Bertz CT molecular complexity index is 959. The number of benzene rings is 2. The Labute approximate surface area is 161 Å². The molecule has 0 fully saturated rings. The van der Waals surface area contributed by atoms with Gasteiger partial charge in [-0.25, -0.2) is 4.98 Å². The van der Waals surface area contributed by atoms with Crippen molar-refractivity contribution in [3.63, 3.8) is 0 Å². The van der Waals surface area contributed by atoms with Crippen LogP contribution in [0.2, 0.25) is 0 Å². The lowest BCUT2D eigenvalue weighted by atomic mass is 10.2. The molecule has 3 rings (SSSR count). The van der Waals surface area contributed by atoms with Crippen LogP contribution in [0.25, 0.3) is 16.3 Å². The highest BCUT2D eigenvalue weighted by Gasteiger charge is 2.11. The highest BCUT2D eigenvalue weighted by molar-refractivity contribution is 9.10. The van der Waals surface area contributed by atoms with Gasteiger partial charge in [-0.05, 0) is 70.5 Å². The number of phenols is 1. The number of hydrogen-bond acceptors (Lipinski definition) is 6. The van der Waals surface area contributed by atoms with Crippen LogP contribution >= 0.6 is 39.0 Å². The van der Waals surface area contributed by atoms with Crippen LogP contribution in [-0.2, 0) is 0 Å². The van der Waals surface area contributed by atoms with E-state index in [0.717, 1.165) is 20.1 Å². The fraction of sp³-hybridized carbons (Fsp3) is 0.111. The molecule has 0 saturated heterocycles. The van der Waals surface area contributed by atoms with Gasteiger partial charge < -0.3 is 9.84 Å². The summed E-state index contributed by atoms with van der Waals surface area (Å²) in [6.45, 7) is 2.29. The smallest absolute Gasteiger partial charge is 0.172 e. The fourth-order valence-electron chi connectivity index (χ4n) is 2.17. The van der Waals surface area contributed by atoms with Crippen molar-refractivity contribution in [3.8, 4) is 17.6 Å². The van der Waals surface area contributed by atoms with Gasteiger partial charge in [-0.1, -0.05) is 12.1 Å². The first-order chi connectivity index (χ1) is 12.1. The molecule has 4 nitrogen and oxygen atoms in total. The molecule has 0 bridgehead atoms. The van der Waals surface area contributed by atoms with Crippen LogP contribution in [0.15, 0.2) is 50.1 Å². The lowest BCUT2D eigenvalue weighted by molar-refractivity contribution is 0.317. The van der Waals surface area contributed by atoms with Crippen LogP contribution in [0.4, 0.5) is 0 Å². The average molecular weight is 433 g/mol. The van der Waals surface area contributed by atoms with E-state index in [1.807, 2.05) is 31.2 Å². The van der Waals surface area contributed by atoms with Gasteiger partial charge in [-0.15, -0.1) is 11.3 Å². The number of nitriles is 1. The van der Waals surface area contributed by atoms with Crippen LogP contribution < -0.4 is 4.74 Å². The van der Waals surface area contributed by atoms with E-state index in [2.05, 4.69) is 27.0 Å². The summed E-state index contributed by atoms with van der Waals surface area (Å²) in [4.78, 5) is 5.05. The second-order valence-electron chi connectivity index (χ2n) is 4.95. The minimum atomic E-state index is 0.0522. The number of aromatic hydroxyl groups is 1. The number of fused-ring (bicyclic) bond motifs is 1. The monoisotopic (exact) mass is 432 g/mol. The predicted octanol–water partition coefficient (Wildman–Crippen LogP) is 5.82. The maximum Gasteiger partial charge on any atom is 0.172 e. The van der Waals surface area contributed by atoms with Crippen molar-refractivity contribution in [1.82, 2.24) is 4.98 Å². The summed E-state index contributed by atoms with van der Waals surface area (Å²) in [6, 6.07) is 13.5. The van der Waals surface area contributed by atoms with E-state index in [0.29, 0.717) is 21.7 Å². The van der Waals surface area contributed by atoms with Gasteiger partial charge in [0.25, 0.3) is 0 Å². The van der Waals surface area contributed by atoms with E-state index in [1.165, 1.54) is 11.8 Å². The Kier molecular flexibility index (Phi) is 5.63. The zero-order valence-corrected chi connectivity index (χ0v) is 16.4. The quantitative estimate of drug-likeness (QED) is 0.406. The Balaban J connectivity index is 1.91. The van der Waals surface area contributed by atoms with Gasteiger partial charge in [0.05, 0.1) is 26.2 Å². The Hall–Kier alpha value is -2.01. The molecule has 7 heteroatoms. The highest BCUT2D eigenvalue weighted by Crippen LogP contribution is 2.38. The normalized spacial score (nSPS) is 11.5. The van der Waals surface area contributed by atoms with Crippen molar-refractivity contribution in [1.29, 1.82) is 5.26 Å². The number of ether oxygens (including phenoxy) is 1. The van der Waals surface area contributed by atoms with Crippen molar-refractivity contribution in [2.45, 2.75) is 11.3 Å². The number of nitrogens with zero attached hydrogens (tertiary/aromatic N) is 2. The van der Waals surface area contributed by atoms with Gasteiger partial charge in [0.1, 0.15) is 6.07 Å². The number of halogens is 1. The fourth-order valence-corrected chi connectivity index (χ4v) is 4.60. The van der Waals surface area contributed by atoms with Crippen LogP contribution in [-0.4, -0.2) is 16.7 Å². The SMILES string of the molecule is CCOc1cc(C=C(C#N)Sc2nc3ccccc3s2)cc(Br)c1O. The Morgan fingerprint density at radius 1 is 1.44 bits per heavy atom. The maximum atomic E-state index is 9.99. The van der Waals surface area contributed by atoms with Crippen molar-refractivity contribution >= 4 is 55.3 Å². The number of phenolic OH excluding ortho intramolecular Hbond substituents is 1. The lowest BCUT2D eigenvalue weighted by Crippen LogP contribution is -1.93. The molecule has 0 aliphatic rings. The summed E-state index contributed by atoms with van der Waals surface area (Å²) in [7, 11) is 0. The summed E-state index contributed by atoms with van der Waals surface area (Å²) in [5.74, 6) is 0.432. The number of thiazole rings is 1. The number of thioether (sulfide) groups is 1. The molecule has 0 saturated carbocycles. The predicted molar refractivity (Wildman–Crippen MR) is 106 cm³/mol. The molecular formula is C18H13BrN2O2S2. The summed E-state index contributed by atoms with van der Waals surface area (Å²) < 4.78 is 7.85. The first kappa shape index (κ1) is 17.8. The topological polar surface area (TPSA) is 66.1 Å². The van der Waals surface area contributed by atoms with Gasteiger partial charge in [-0.2, -0.15) is 5.26 Å². The number of para-hydroxylation sites is 1. The maximum absolute atomic E-state index is 9.99. The van der Waals surface area contributed by atoms with E-state index in [4.69, 9.17) is 4.74 Å². The number of hydrogen-bond donors (Lipinski definition) is 1. The molecule has 2 aromatic carbocycles. The second-order valence-corrected chi connectivity index (χ2v) is 8.13. The van der Waals surface area contributed by atoms with E-state index >= 15 is 0 Å². The molecule has 0 unspecified atom stereocenters. The third-order valence-electron chi connectivity index (χ3n) is 3.23. The van der Waals surface area contributed by atoms with Crippen molar-refractivity contribution < 1.29 is 9.84 Å². The highest BCUT2D eigenvalue weighted by atomic mass is 79.9. The van der Waals surface area contributed by atoms with Gasteiger partial charge in [0.2, 0.25) is 0 Å². The van der Waals surface area contributed by atoms with Crippen molar-refractivity contribution in [2.75, 3.05) is 6.61 Å². The molecule has 126 valence electrons. The van der Waals surface area contributed by atoms with Crippen LogP contribution in [0.5, 0.6) is 11.5 Å². The zero-order valence-electron chi connectivity index (χ0n) is 13.2. The first-order valence-corrected chi connectivity index (χ1v) is 9.84. The van der Waals surface area contributed by atoms with E-state index in [1.54, 1.807) is 29.5 Å². The summed E-state index contributed by atoms with van der Waals surface area (Å²) >= 11 is 6.19. The largest absolute Gasteiger partial charge is 0.503 e. The van der Waals surface area contributed by atoms with Gasteiger partial charge >= 0.3 is 0 Å². The minimum absolute atomic E-state index is 0.0522. The van der Waals surface area contributed by atoms with Crippen molar-refractivity contribution in [3.05, 3.63) is 51.3 Å². The molecule has 0 atom stereocenters. The summed E-state index contributed by atoms with van der Waals surface area (Å²) in [5.41, 5.74) is 1.69. The minimum Gasteiger partial charge on any atom is -0.503 e. The zero-order chi connectivity index (χ0) is 17.8. The summed E-state index contributed by atoms with van der Waals surface area (Å²) in [6.07, 6.45) is 1.75. The molecule has 1 aromatic heterocycles. The number of allylic oxidation sites excluding steroid dienone is 1.